The number of sulfonamides is 1. The molecule has 0 saturated heterocycles. The zero-order chi connectivity index (χ0) is 28.9. The molecule has 4 rings (SSSR count). The highest BCUT2D eigenvalue weighted by atomic mass is 35.5. The Bertz CT molecular complexity index is 1470. The van der Waals surface area contributed by atoms with Crippen molar-refractivity contribution in [1.29, 1.82) is 0 Å². The molecule has 3 aromatic rings. The van der Waals surface area contributed by atoms with Crippen LogP contribution in [0.4, 0.5) is 10.1 Å². The van der Waals surface area contributed by atoms with Crippen LogP contribution in [0.3, 0.4) is 0 Å². The molecule has 1 aliphatic rings. The van der Waals surface area contributed by atoms with E-state index < -0.39 is 34.3 Å². The number of benzene rings is 3. The van der Waals surface area contributed by atoms with E-state index in [1.54, 1.807) is 49.4 Å². The maximum atomic E-state index is 14.0. The Balaban J connectivity index is 1.70. The lowest BCUT2D eigenvalue weighted by atomic mass is 10.1. The zero-order valence-electron chi connectivity index (χ0n) is 21.9. The van der Waals surface area contributed by atoms with Crippen LogP contribution in [-0.4, -0.2) is 43.8 Å². The van der Waals surface area contributed by atoms with Crippen LogP contribution in [0, 0.1) is 5.82 Å². The monoisotopic (exact) mass is 605 g/mol. The first kappa shape index (κ1) is 29.8. The van der Waals surface area contributed by atoms with E-state index in [-0.39, 0.29) is 34.1 Å². The average molecular weight is 607 g/mol. The second kappa shape index (κ2) is 13.0. The lowest BCUT2D eigenvalue weighted by molar-refractivity contribution is -0.139. The van der Waals surface area contributed by atoms with Gasteiger partial charge in [-0.2, -0.15) is 0 Å². The molecule has 0 heterocycles. The molecule has 1 saturated carbocycles. The van der Waals surface area contributed by atoms with Crippen molar-refractivity contribution in [3.05, 3.63) is 94.2 Å². The fourth-order valence-electron chi connectivity index (χ4n) is 4.67. The summed E-state index contributed by atoms with van der Waals surface area (Å²) in [5, 5.41) is 3.12. The molecule has 0 aromatic heterocycles. The topological polar surface area (TPSA) is 86.8 Å². The van der Waals surface area contributed by atoms with E-state index >= 15 is 0 Å². The van der Waals surface area contributed by atoms with Crippen molar-refractivity contribution >= 4 is 50.7 Å². The number of halogens is 3. The Morgan fingerprint density at radius 3 is 2.27 bits per heavy atom. The van der Waals surface area contributed by atoms with Crippen LogP contribution >= 0.6 is 23.2 Å². The van der Waals surface area contributed by atoms with Crippen LogP contribution in [0.2, 0.25) is 10.0 Å². The van der Waals surface area contributed by atoms with E-state index in [2.05, 4.69) is 5.32 Å². The van der Waals surface area contributed by atoms with Gasteiger partial charge >= 0.3 is 0 Å². The first-order valence-electron chi connectivity index (χ1n) is 12.9. The first-order chi connectivity index (χ1) is 19.1. The molecule has 1 atom stereocenters. The van der Waals surface area contributed by atoms with Gasteiger partial charge < -0.3 is 10.2 Å². The fourth-order valence-corrected chi connectivity index (χ4v) is 6.47. The number of hydrogen-bond donors (Lipinski definition) is 1. The Morgan fingerprint density at radius 2 is 1.62 bits per heavy atom. The number of carbonyl (C=O) groups excluding carboxylic acids is 2. The van der Waals surface area contributed by atoms with E-state index in [1.165, 1.54) is 23.1 Å². The van der Waals surface area contributed by atoms with Gasteiger partial charge in [0.15, 0.2) is 0 Å². The third-order valence-electron chi connectivity index (χ3n) is 6.97. The van der Waals surface area contributed by atoms with Gasteiger partial charge in [0.25, 0.3) is 10.0 Å². The van der Waals surface area contributed by atoms with E-state index in [1.807, 2.05) is 0 Å². The van der Waals surface area contributed by atoms with Crippen molar-refractivity contribution in [2.24, 2.45) is 0 Å². The van der Waals surface area contributed by atoms with E-state index in [0.717, 1.165) is 42.1 Å². The number of amides is 2. The minimum atomic E-state index is -4.28. The normalized spacial score (nSPS) is 14.5. The summed E-state index contributed by atoms with van der Waals surface area (Å²) in [6.45, 7) is 0.912. The van der Waals surface area contributed by atoms with Crippen molar-refractivity contribution in [1.82, 2.24) is 10.2 Å². The Hall–Kier alpha value is -3.14. The molecule has 11 heteroatoms. The summed E-state index contributed by atoms with van der Waals surface area (Å²) in [4.78, 5) is 28.4. The van der Waals surface area contributed by atoms with Crippen LogP contribution in [0.15, 0.2) is 77.7 Å². The molecule has 1 fully saturated rings. The van der Waals surface area contributed by atoms with Crippen LogP contribution in [-0.2, 0) is 26.2 Å². The van der Waals surface area contributed by atoms with E-state index in [9.17, 15) is 22.4 Å². The largest absolute Gasteiger partial charge is 0.352 e. The summed E-state index contributed by atoms with van der Waals surface area (Å²) >= 11 is 12.4. The zero-order valence-corrected chi connectivity index (χ0v) is 24.2. The molecule has 0 spiro atoms. The molecule has 1 N–H and O–H groups in total. The second-order valence-electron chi connectivity index (χ2n) is 9.70. The molecule has 0 aliphatic heterocycles. The van der Waals surface area contributed by atoms with E-state index in [0.29, 0.717) is 10.6 Å². The quantitative estimate of drug-likeness (QED) is 0.316. The van der Waals surface area contributed by atoms with Gasteiger partial charge in [-0.05, 0) is 61.7 Å². The number of rotatable bonds is 10. The van der Waals surface area contributed by atoms with Crippen LogP contribution in [0.5, 0.6) is 0 Å². The number of nitrogens with one attached hydrogen (secondary N) is 1. The van der Waals surface area contributed by atoms with Gasteiger partial charge in [-0.3, -0.25) is 13.9 Å². The molecular weight excluding hydrogens is 576 g/mol. The highest BCUT2D eigenvalue weighted by Crippen LogP contribution is 2.29. The van der Waals surface area contributed by atoms with Crippen LogP contribution in [0.1, 0.15) is 38.2 Å². The third kappa shape index (κ3) is 6.95. The maximum Gasteiger partial charge on any atom is 0.264 e. The lowest BCUT2D eigenvalue weighted by Crippen LogP contribution is -2.52. The van der Waals surface area contributed by atoms with Crippen molar-refractivity contribution in [2.75, 3.05) is 10.8 Å². The summed E-state index contributed by atoms with van der Waals surface area (Å²) in [5.41, 5.74) is 0.602. The summed E-state index contributed by atoms with van der Waals surface area (Å²) in [7, 11) is -4.28. The van der Waals surface area contributed by atoms with Crippen LogP contribution in [0.25, 0.3) is 0 Å². The van der Waals surface area contributed by atoms with Crippen molar-refractivity contribution in [3.8, 4) is 0 Å². The number of hydrogen-bond acceptors (Lipinski definition) is 4. The summed E-state index contributed by atoms with van der Waals surface area (Å²) in [6.07, 6.45) is 3.78. The van der Waals surface area contributed by atoms with Gasteiger partial charge in [-0.1, -0.05) is 72.4 Å². The van der Waals surface area contributed by atoms with Gasteiger partial charge in [-0.15, -0.1) is 0 Å². The molecule has 0 radical (unpaired) electrons. The molecule has 7 nitrogen and oxygen atoms in total. The van der Waals surface area contributed by atoms with Crippen molar-refractivity contribution in [3.63, 3.8) is 0 Å². The molecule has 212 valence electrons. The fraction of sp³-hybridized carbons (Fsp3) is 0.310. The van der Waals surface area contributed by atoms with Gasteiger partial charge in [0.1, 0.15) is 18.4 Å². The van der Waals surface area contributed by atoms with Crippen LogP contribution < -0.4 is 9.62 Å². The standard InChI is InChI=1S/C29H30Cl2FN3O4S/c1-20(29(37)33-22-10-6-7-11-22)34(18-21-9-5-8-14-25(21)30)28(36)19-35(23-15-16-27(32)26(31)17-23)40(38,39)24-12-3-2-4-13-24/h2-5,8-9,12-17,20,22H,6-7,10-11,18-19H2,1H3,(H,33,37)/t20-/m1/s1. The van der Waals surface area contributed by atoms with Crippen molar-refractivity contribution < 1.29 is 22.4 Å². The second-order valence-corrected chi connectivity index (χ2v) is 12.4. The van der Waals surface area contributed by atoms with Gasteiger partial charge in [-0.25, -0.2) is 12.8 Å². The number of carbonyl (C=O) groups is 2. The summed E-state index contributed by atoms with van der Waals surface area (Å²) in [6, 6.07) is 17.0. The Morgan fingerprint density at radius 1 is 0.975 bits per heavy atom. The predicted molar refractivity (Wildman–Crippen MR) is 154 cm³/mol. The average Bonchev–Trinajstić information content (AvgIpc) is 3.46. The SMILES string of the molecule is C[C@H](C(=O)NC1CCCC1)N(Cc1ccccc1Cl)C(=O)CN(c1ccc(F)c(Cl)c1)S(=O)(=O)c1ccccc1. The maximum absolute atomic E-state index is 14.0. The van der Waals surface area contributed by atoms with Gasteiger partial charge in [0, 0.05) is 17.6 Å². The molecule has 1 aliphatic carbocycles. The van der Waals surface area contributed by atoms with E-state index in [4.69, 9.17) is 23.2 Å². The summed E-state index contributed by atoms with van der Waals surface area (Å²) in [5.74, 6) is -1.71. The summed E-state index contributed by atoms with van der Waals surface area (Å²) < 4.78 is 42.4. The van der Waals surface area contributed by atoms with Gasteiger partial charge in [0.2, 0.25) is 11.8 Å². The molecule has 3 aromatic carbocycles. The predicted octanol–water partition coefficient (Wildman–Crippen LogP) is 5.80. The number of anilines is 1. The lowest BCUT2D eigenvalue weighted by Gasteiger charge is -2.32. The molecular formula is C29H30Cl2FN3O4S. The molecule has 0 bridgehead atoms. The Labute approximate surface area is 243 Å². The highest BCUT2D eigenvalue weighted by molar-refractivity contribution is 7.92. The molecule has 2 amide bonds. The highest BCUT2D eigenvalue weighted by Gasteiger charge is 2.33. The molecule has 0 unspecified atom stereocenters. The smallest absolute Gasteiger partial charge is 0.264 e. The minimum Gasteiger partial charge on any atom is -0.352 e. The molecule has 40 heavy (non-hydrogen) atoms. The minimum absolute atomic E-state index is 0.00403. The first-order valence-corrected chi connectivity index (χ1v) is 15.1. The third-order valence-corrected chi connectivity index (χ3v) is 9.42. The van der Waals surface area contributed by atoms with Gasteiger partial charge in [0.05, 0.1) is 15.6 Å². The van der Waals surface area contributed by atoms with Crippen molar-refractivity contribution in [2.45, 2.75) is 56.1 Å². The number of nitrogens with zero attached hydrogens (tertiary/aromatic N) is 2. The Kier molecular flexibility index (Phi) is 9.71.